The molecule has 0 aliphatic rings. The first-order valence-electron chi connectivity index (χ1n) is 2.43. The zero-order valence-electron chi connectivity index (χ0n) is 6.03. The van der Waals surface area contributed by atoms with Crippen LogP contribution >= 0.6 is 24.0 Å². The second-order valence-electron chi connectivity index (χ2n) is 1.02. The minimum atomic E-state index is 0. The summed E-state index contributed by atoms with van der Waals surface area (Å²) < 4.78 is 0. The van der Waals surface area contributed by atoms with E-state index in [4.69, 9.17) is 0 Å². The van der Waals surface area contributed by atoms with E-state index in [0.29, 0.717) is 0 Å². The molecule has 0 saturated heterocycles. The van der Waals surface area contributed by atoms with Crippen LogP contribution in [0.5, 0.6) is 0 Å². The van der Waals surface area contributed by atoms with Gasteiger partial charge in [-0.1, -0.05) is 6.07 Å². The van der Waals surface area contributed by atoms with E-state index in [0.717, 1.165) is 0 Å². The number of pyridine rings is 1. The van der Waals surface area contributed by atoms with Gasteiger partial charge in [-0.25, -0.2) is 0 Å². The van der Waals surface area contributed by atoms with E-state index in [1.54, 1.807) is 12.4 Å². The zero-order valence-corrected chi connectivity index (χ0v) is 12.4. The Morgan fingerprint density at radius 2 is 1.40 bits per heavy atom. The Morgan fingerprint density at radius 1 is 1.00 bits per heavy atom. The van der Waals surface area contributed by atoms with E-state index in [9.17, 15) is 0 Å². The van der Waals surface area contributed by atoms with E-state index in [1.807, 2.05) is 18.2 Å². The van der Waals surface area contributed by atoms with Crippen LogP contribution < -0.4 is 5.73 Å². The molecule has 1 rings (SSSR count). The van der Waals surface area contributed by atoms with Crippen molar-refractivity contribution in [2.45, 2.75) is 0 Å². The van der Waals surface area contributed by atoms with Gasteiger partial charge >= 0.3 is 23.9 Å². The maximum Gasteiger partial charge on any atom is 0.0267 e. The van der Waals surface area contributed by atoms with Crippen molar-refractivity contribution in [3.63, 3.8) is 0 Å². The Labute approximate surface area is 95.6 Å². The van der Waals surface area contributed by atoms with Crippen LogP contribution in [0.15, 0.2) is 30.6 Å². The first kappa shape index (κ1) is 16.9. The summed E-state index contributed by atoms with van der Waals surface area (Å²) in [6, 6.07) is 5.72. The summed E-state index contributed by atoms with van der Waals surface area (Å²) >= 11 is 0. The summed E-state index contributed by atoms with van der Waals surface area (Å²) in [6.45, 7) is 0. The third-order valence-corrected chi connectivity index (χ3v) is 0.566. The molecule has 0 amide bonds. The number of nitrogens with zero attached hydrogens (tertiary/aromatic N) is 1. The maximum absolute atomic E-state index is 4.50. The topological polar surface area (TPSA) is 38.9 Å². The number of rotatable bonds is 0. The average Bonchev–Trinajstić information content (AvgIpc) is 1.96. The summed E-state index contributed by atoms with van der Waals surface area (Å²) in [7, 11) is 1.50. The average molecular weight is 359 g/mol. The fraction of sp³-hybridized carbons (Fsp3) is 0.167. The van der Waals surface area contributed by atoms with Gasteiger partial charge in [0.15, 0.2) is 0 Å². The van der Waals surface area contributed by atoms with Crippen molar-refractivity contribution in [3.05, 3.63) is 30.6 Å². The van der Waals surface area contributed by atoms with Gasteiger partial charge in [-0.3, -0.25) is 4.98 Å². The summed E-state index contributed by atoms with van der Waals surface area (Å²) in [6.07, 6.45) is 3.50. The van der Waals surface area contributed by atoms with Crippen molar-refractivity contribution in [1.82, 2.24) is 4.98 Å². The maximum atomic E-state index is 4.50. The molecule has 2 radical (unpaired) electrons. The molecule has 0 aliphatic heterocycles. The van der Waals surface area contributed by atoms with Gasteiger partial charge in [0, 0.05) is 12.4 Å². The Kier molecular flexibility index (Phi) is 27.6. The number of hydrogen-bond acceptors (Lipinski definition) is 2. The largest absolute Gasteiger partial charge is 0.265 e. The van der Waals surface area contributed by atoms with Gasteiger partial charge in [-0.2, -0.15) is 0 Å². The van der Waals surface area contributed by atoms with Crippen LogP contribution in [0.1, 0.15) is 0 Å². The van der Waals surface area contributed by atoms with Crippen LogP contribution in [-0.4, -0.2) is 35.9 Å². The van der Waals surface area contributed by atoms with Gasteiger partial charge in [-0.15, -0.1) is 24.0 Å². The standard InChI is InChI=1S/C5H5N.CH5N.HI.Sn.2H/c1-2-4-6-5-3-1;1-2;;;;/h1-5H;2H2,1H3;1H;;;. The van der Waals surface area contributed by atoms with Crippen molar-refractivity contribution in [1.29, 1.82) is 0 Å². The molecule has 0 fully saturated rings. The van der Waals surface area contributed by atoms with Crippen molar-refractivity contribution >= 4 is 47.9 Å². The molecule has 1 aromatic heterocycles. The smallest absolute Gasteiger partial charge is 0.0267 e. The first-order valence-corrected chi connectivity index (χ1v) is 2.43. The van der Waals surface area contributed by atoms with Gasteiger partial charge < -0.3 is 5.73 Å². The second-order valence-corrected chi connectivity index (χ2v) is 1.02. The van der Waals surface area contributed by atoms with Crippen molar-refractivity contribution in [2.75, 3.05) is 7.05 Å². The molecule has 0 aromatic carbocycles. The minimum Gasteiger partial charge on any atom is -0.265 e. The monoisotopic (exact) mass is 360 g/mol. The molecule has 0 atom stereocenters. The first-order chi connectivity index (χ1) is 4.00. The Hall–Kier alpha value is 0.639. The molecule has 2 nitrogen and oxygen atoms in total. The number of nitrogens with two attached hydrogens (primary N) is 1. The van der Waals surface area contributed by atoms with Crippen LogP contribution in [0, 0.1) is 0 Å². The molecule has 2 N–H and O–H groups in total. The van der Waals surface area contributed by atoms with Crippen LogP contribution in [0.25, 0.3) is 0 Å². The second kappa shape index (κ2) is 16.3. The van der Waals surface area contributed by atoms with Crippen LogP contribution in [0.3, 0.4) is 0 Å². The molecule has 0 unspecified atom stereocenters. The normalized spacial score (nSPS) is 5.40. The van der Waals surface area contributed by atoms with Crippen LogP contribution in [-0.2, 0) is 0 Å². The summed E-state index contributed by atoms with van der Waals surface area (Å²) in [4.78, 5) is 3.78. The zero-order chi connectivity index (χ0) is 6.24. The Morgan fingerprint density at radius 3 is 1.50 bits per heavy atom. The fourth-order valence-electron chi connectivity index (χ4n) is 0.313. The van der Waals surface area contributed by atoms with E-state index < -0.39 is 0 Å². The Bertz CT molecular complexity index is 87.7. The quantitative estimate of drug-likeness (QED) is 0.537. The third kappa shape index (κ3) is 11.4. The summed E-state index contributed by atoms with van der Waals surface area (Å²) in [5.41, 5.74) is 4.50. The molecule has 4 heteroatoms. The summed E-state index contributed by atoms with van der Waals surface area (Å²) in [5.74, 6) is 0. The molecule has 0 bridgehead atoms. The fourth-order valence-corrected chi connectivity index (χ4v) is 0.313. The molecule has 1 heterocycles. The number of hydrogen-bond donors (Lipinski definition) is 1. The number of aromatic nitrogens is 1. The van der Waals surface area contributed by atoms with Crippen molar-refractivity contribution in [3.8, 4) is 0 Å². The van der Waals surface area contributed by atoms with Crippen molar-refractivity contribution < 1.29 is 0 Å². The summed E-state index contributed by atoms with van der Waals surface area (Å²) in [5, 5.41) is 0. The van der Waals surface area contributed by atoms with Gasteiger partial charge in [0.2, 0.25) is 0 Å². The van der Waals surface area contributed by atoms with Gasteiger partial charge in [-0.05, 0) is 19.2 Å². The van der Waals surface area contributed by atoms with Gasteiger partial charge in [0.05, 0.1) is 0 Å². The van der Waals surface area contributed by atoms with E-state index >= 15 is 0 Å². The molecule has 1 aromatic rings. The van der Waals surface area contributed by atoms with Crippen molar-refractivity contribution in [2.24, 2.45) is 5.73 Å². The van der Waals surface area contributed by atoms with Gasteiger partial charge in [0.1, 0.15) is 0 Å². The van der Waals surface area contributed by atoms with E-state index in [-0.39, 0.29) is 47.9 Å². The number of halogens is 1. The third-order valence-electron chi connectivity index (χ3n) is 0.566. The molecule has 0 saturated carbocycles. The van der Waals surface area contributed by atoms with Gasteiger partial charge in [0.25, 0.3) is 0 Å². The molecule has 10 heavy (non-hydrogen) atoms. The molecular weight excluding hydrogens is 346 g/mol. The minimum absolute atomic E-state index is 0. The molecule has 58 valence electrons. The van der Waals surface area contributed by atoms with E-state index in [2.05, 4.69) is 10.7 Å². The van der Waals surface area contributed by atoms with Crippen LogP contribution in [0.2, 0.25) is 0 Å². The van der Waals surface area contributed by atoms with Crippen LogP contribution in [0.4, 0.5) is 0 Å². The molecule has 0 spiro atoms. The molecule has 0 aliphatic carbocycles. The van der Waals surface area contributed by atoms with E-state index in [1.165, 1.54) is 7.05 Å². The molecular formula is C6H13IN2Sn. The Balaban J connectivity index is -0.000000114. The predicted molar refractivity (Wildman–Crippen MR) is 58.3 cm³/mol. The SMILES string of the molecule is CN.I.[SnH2].c1ccncc1. The predicted octanol–water partition coefficient (Wildman–Crippen LogP) is 0.358.